The van der Waals surface area contributed by atoms with Crippen molar-refractivity contribution in [3.8, 4) is 11.5 Å². The second-order valence-electron chi connectivity index (χ2n) is 6.05. The lowest BCUT2D eigenvalue weighted by atomic mass is 10.2. The average molecular weight is 367 g/mol. The maximum Gasteiger partial charge on any atom is 0.338 e. The summed E-state index contributed by atoms with van der Waals surface area (Å²) in [4.78, 5) is 24.0. The summed E-state index contributed by atoms with van der Waals surface area (Å²) in [5.41, 5.74) is 1.18. The maximum absolute atomic E-state index is 12.1. The highest BCUT2D eigenvalue weighted by Gasteiger charge is 2.21. The second kappa shape index (κ2) is 7.36. The molecule has 1 aliphatic heterocycles. The van der Waals surface area contributed by atoms with Gasteiger partial charge in [0, 0.05) is 5.39 Å². The molecule has 3 aromatic rings. The van der Waals surface area contributed by atoms with E-state index in [4.69, 9.17) is 14.2 Å². The number of benzene rings is 2. The van der Waals surface area contributed by atoms with Gasteiger partial charge in [0.15, 0.2) is 18.1 Å². The van der Waals surface area contributed by atoms with Crippen LogP contribution in [0.15, 0.2) is 48.7 Å². The predicted octanol–water partition coefficient (Wildman–Crippen LogP) is 1.68. The van der Waals surface area contributed by atoms with Crippen molar-refractivity contribution in [2.24, 2.45) is 0 Å². The number of ether oxygens (including phenoxy) is 3. The van der Waals surface area contributed by atoms with Gasteiger partial charge in [0.1, 0.15) is 12.7 Å². The van der Waals surface area contributed by atoms with Gasteiger partial charge in [-0.2, -0.15) is 5.10 Å². The monoisotopic (exact) mass is 367 g/mol. The van der Waals surface area contributed by atoms with Gasteiger partial charge in [0.2, 0.25) is 0 Å². The number of aromatic nitrogens is 2. The van der Waals surface area contributed by atoms with Crippen LogP contribution in [0.4, 0.5) is 0 Å². The number of nitrogens with one attached hydrogen (secondary N) is 2. The van der Waals surface area contributed by atoms with Crippen LogP contribution in [-0.2, 0) is 9.53 Å². The summed E-state index contributed by atoms with van der Waals surface area (Å²) in [6, 6.07) is 12.4. The minimum atomic E-state index is -0.570. The Morgan fingerprint density at radius 3 is 2.96 bits per heavy atom. The van der Waals surface area contributed by atoms with Gasteiger partial charge in [-0.05, 0) is 30.3 Å². The molecule has 2 N–H and O–H groups in total. The van der Waals surface area contributed by atoms with Crippen LogP contribution in [-0.4, -0.2) is 47.9 Å². The normalized spacial score (nSPS) is 15.3. The third kappa shape index (κ3) is 3.84. The first-order chi connectivity index (χ1) is 13.2. The van der Waals surface area contributed by atoms with Crippen LogP contribution >= 0.6 is 0 Å². The number of hydrogen-bond acceptors (Lipinski definition) is 6. The molecular weight excluding hydrogens is 350 g/mol. The number of para-hydroxylation sites is 2. The molecule has 8 heteroatoms. The number of H-pyrrole nitrogens is 1. The summed E-state index contributed by atoms with van der Waals surface area (Å²) in [7, 11) is 0. The molecule has 8 nitrogen and oxygen atoms in total. The molecule has 1 aliphatic rings. The Morgan fingerprint density at radius 2 is 2.07 bits per heavy atom. The Labute approximate surface area is 154 Å². The van der Waals surface area contributed by atoms with E-state index in [2.05, 4.69) is 15.5 Å². The number of amides is 1. The quantitative estimate of drug-likeness (QED) is 0.665. The fourth-order valence-electron chi connectivity index (χ4n) is 2.73. The largest absolute Gasteiger partial charge is 0.486 e. The number of nitrogens with zero attached hydrogens (tertiary/aromatic N) is 1. The van der Waals surface area contributed by atoms with Crippen LogP contribution < -0.4 is 14.8 Å². The SMILES string of the molecule is O=C(COC(=O)c1ccc2[nH]ncc2c1)NC[C@H]1COc2ccccc2O1. The van der Waals surface area contributed by atoms with Gasteiger partial charge in [-0.3, -0.25) is 9.89 Å². The summed E-state index contributed by atoms with van der Waals surface area (Å²) >= 11 is 0. The highest BCUT2D eigenvalue weighted by Crippen LogP contribution is 2.30. The second-order valence-corrected chi connectivity index (χ2v) is 6.05. The van der Waals surface area contributed by atoms with Gasteiger partial charge >= 0.3 is 5.97 Å². The van der Waals surface area contributed by atoms with Gasteiger partial charge in [0.05, 0.1) is 23.8 Å². The molecule has 0 aliphatic carbocycles. The lowest BCUT2D eigenvalue weighted by Gasteiger charge is -2.26. The van der Waals surface area contributed by atoms with Crippen LogP contribution in [0, 0.1) is 0 Å². The molecule has 2 heterocycles. The molecule has 0 unspecified atom stereocenters. The molecule has 0 saturated carbocycles. The number of hydrogen-bond donors (Lipinski definition) is 2. The zero-order valence-corrected chi connectivity index (χ0v) is 14.3. The highest BCUT2D eigenvalue weighted by molar-refractivity contribution is 5.95. The molecule has 27 heavy (non-hydrogen) atoms. The molecule has 1 amide bonds. The average Bonchev–Trinajstić information content (AvgIpc) is 3.18. The molecule has 0 fully saturated rings. The van der Waals surface area contributed by atoms with Gasteiger partial charge in [-0.25, -0.2) is 4.79 Å². The smallest absolute Gasteiger partial charge is 0.338 e. The molecule has 0 radical (unpaired) electrons. The van der Waals surface area contributed by atoms with E-state index in [9.17, 15) is 9.59 Å². The minimum absolute atomic E-state index is 0.256. The standard InChI is InChI=1S/C19H17N3O5/c23-18(20-9-14-10-25-16-3-1-2-4-17(16)27-14)11-26-19(24)12-5-6-15-13(7-12)8-21-22-15/h1-8,14H,9-11H2,(H,20,23)(H,21,22)/t14-/m0/s1. The molecule has 0 spiro atoms. The fraction of sp³-hybridized carbons (Fsp3) is 0.211. The first-order valence-electron chi connectivity index (χ1n) is 8.44. The fourth-order valence-corrected chi connectivity index (χ4v) is 2.73. The summed E-state index contributed by atoms with van der Waals surface area (Å²) in [6.07, 6.45) is 1.31. The van der Waals surface area contributed by atoms with Crippen LogP contribution in [0.5, 0.6) is 11.5 Å². The van der Waals surface area contributed by atoms with Crippen molar-refractivity contribution >= 4 is 22.8 Å². The van der Waals surface area contributed by atoms with Gasteiger partial charge in [-0.1, -0.05) is 12.1 Å². The number of aromatic amines is 1. The van der Waals surface area contributed by atoms with Crippen LogP contribution in [0.1, 0.15) is 10.4 Å². The summed E-state index contributed by atoms with van der Waals surface area (Å²) in [6.45, 7) is 0.222. The molecule has 138 valence electrons. The highest BCUT2D eigenvalue weighted by atomic mass is 16.6. The van der Waals surface area contributed by atoms with Crippen molar-refractivity contribution in [2.45, 2.75) is 6.10 Å². The van der Waals surface area contributed by atoms with Crippen molar-refractivity contribution in [3.05, 3.63) is 54.2 Å². The molecule has 4 rings (SSSR count). The number of rotatable bonds is 5. The van der Waals surface area contributed by atoms with E-state index < -0.39 is 11.9 Å². The number of carbonyl (C=O) groups excluding carboxylic acids is 2. The molecule has 1 aromatic heterocycles. The lowest BCUT2D eigenvalue weighted by molar-refractivity contribution is -0.124. The van der Waals surface area contributed by atoms with E-state index in [0.717, 1.165) is 10.9 Å². The lowest BCUT2D eigenvalue weighted by Crippen LogP contribution is -2.42. The van der Waals surface area contributed by atoms with E-state index in [0.29, 0.717) is 23.7 Å². The van der Waals surface area contributed by atoms with Crippen LogP contribution in [0.2, 0.25) is 0 Å². The van der Waals surface area contributed by atoms with Crippen LogP contribution in [0.3, 0.4) is 0 Å². The number of esters is 1. The minimum Gasteiger partial charge on any atom is -0.486 e. The zero-order chi connectivity index (χ0) is 18.6. The van der Waals surface area contributed by atoms with Gasteiger partial charge < -0.3 is 19.5 Å². The van der Waals surface area contributed by atoms with E-state index in [-0.39, 0.29) is 19.3 Å². The summed E-state index contributed by atoms with van der Waals surface area (Å²) in [5, 5.41) is 10.2. The maximum atomic E-state index is 12.1. The first-order valence-corrected chi connectivity index (χ1v) is 8.44. The summed E-state index contributed by atoms with van der Waals surface area (Å²) in [5.74, 6) is 0.349. The van der Waals surface area contributed by atoms with Gasteiger partial charge in [0.25, 0.3) is 5.91 Å². The van der Waals surface area contributed by atoms with Crippen molar-refractivity contribution in [1.82, 2.24) is 15.5 Å². The van der Waals surface area contributed by atoms with Crippen molar-refractivity contribution < 1.29 is 23.8 Å². The third-order valence-electron chi connectivity index (χ3n) is 4.10. The number of carbonyl (C=O) groups is 2. The van der Waals surface area contributed by atoms with E-state index in [1.807, 2.05) is 24.3 Å². The van der Waals surface area contributed by atoms with Crippen molar-refractivity contribution in [1.29, 1.82) is 0 Å². The Balaban J connectivity index is 1.24. The Hall–Kier alpha value is -3.55. The zero-order valence-electron chi connectivity index (χ0n) is 14.3. The van der Waals surface area contributed by atoms with Crippen LogP contribution in [0.25, 0.3) is 10.9 Å². The Kier molecular flexibility index (Phi) is 4.61. The first kappa shape index (κ1) is 16.9. The van der Waals surface area contributed by atoms with E-state index in [1.165, 1.54) is 0 Å². The topological polar surface area (TPSA) is 103 Å². The number of fused-ring (bicyclic) bond motifs is 2. The summed E-state index contributed by atoms with van der Waals surface area (Å²) < 4.78 is 16.4. The molecule has 0 saturated heterocycles. The van der Waals surface area contributed by atoms with E-state index >= 15 is 0 Å². The molecule has 2 aromatic carbocycles. The molecule has 0 bridgehead atoms. The van der Waals surface area contributed by atoms with Crippen molar-refractivity contribution in [3.63, 3.8) is 0 Å². The Morgan fingerprint density at radius 1 is 1.22 bits per heavy atom. The van der Waals surface area contributed by atoms with Crippen molar-refractivity contribution in [2.75, 3.05) is 19.8 Å². The third-order valence-corrected chi connectivity index (χ3v) is 4.10. The van der Waals surface area contributed by atoms with Gasteiger partial charge in [-0.15, -0.1) is 0 Å². The molecular formula is C19H17N3O5. The molecule has 1 atom stereocenters. The van der Waals surface area contributed by atoms with E-state index in [1.54, 1.807) is 24.4 Å². The Bertz CT molecular complexity index is 984. The predicted molar refractivity (Wildman–Crippen MR) is 95.7 cm³/mol.